The topological polar surface area (TPSA) is 91.0 Å². The molecule has 0 unspecified atom stereocenters. The third kappa shape index (κ3) is 3.65. The Kier molecular flexibility index (Phi) is 6.50. The zero-order valence-electron chi connectivity index (χ0n) is 21.9. The summed E-state index contributed by atoms with van der Waals surface area (Å²) in [5.74, 6) is 1.77. The Morgan fingerprint density at radius 3 is 2.50 bits per heavy atom. The lowest BCUT2D eigenvalue weighted by molar-refractivity contribution is -0.255. The third-order valence-electron chi connectivity index (χ3n) is 11.7. The first-order valence-electron chi connectivity index (χ1n) is 13.9. The predicted molar refractivity (Wildman–Crippen MR) is 130 cm³/mol. The molecule has 3 N–H and O–H groups in total. The summed E-state index contributed by atoms with van der Waals surface area (Å²) in [6, 6.07) is -0.115. The second-order valence-electron chi connectivity index (χ2n) is 13.0. The van der Waals surface area contributed by atoms with Gasteiger partial charge in [-0.3, -0.25) is 4.79 Å². The maximum absolute atomic E-state index is 12.4. The van der Waals surface area contributed by atoms with E-state index in [1.807, 2.05) is 6.92 Å². The maximum Gasteiger partial charge on any atom is 0.160 e. The molecule has 0 aromatic carbocycles. The number of hydrogen-bond acceptors (Lipinski definition) is 6. The summed E-state index contributed by atoms with van der Waals surface area (Å²) < 4.78 is 18.2. The Bertz CT molecular complexity index is 791. The van der Waals surface area contributed by atoms with Crippen LogP contribution in [0.4, 0.5) is 0 Å². The number of rotatable bonds is 4. The lowest BCUT2D eigenvalue weighted by atomic mass is 9.43. The van der Waals surface area contributed by atoms with Gasteiger partial charge in [-0.1, -0.05) is 13.8 Å². The molecular formula is C28H47NO5. The van der Waals surface area contributed by atoms with Crippen LogP contribution in [0.3, 0.4) is 0 Å². The van der Waals surface area contributed by atoms with Gasteiger partial charge in [0.25, 0.3) is 0 Å². The van der Waals surface area contributed by atoms with Crippen molar-refractivity contribution < 1.29 is 24.1 Å². The molecule has 4 aliphatic carbocycles. The number of methoxy groups -OCH3 is 1. The van der Waals surface area contributed by atoms with E-state index in [1.165, 1.54) is 0 Å². The molecule has 6 heteroatoms. The summed E-state index contributed by atoms with van der Waals surface area (Å²) in [7, 11) is 1.72. The molecular weight excluding hydrogens is 430 g/mol. The Morgan fingerprint density at radius 2 is 1.79 bits per heavy atom. The highest BCUT2D eigenvalue weighted by molar-refractivity contribution is 5.80. The Labute approximate surface area is 205 Å². The molecule has 0 amide bonds. The number of hydrogen-bond donors (Lipinski definition) is 2. The largest absolute Gasteiger partial charge is 0.389 e. The molecule has 1 saturated heterocycles. The van der Waals surface area contributed by atoms with Gasteiger partial charge in [-0.25, -0.2) is 0 Å². The summed E-state index contributed by atoms with van der Waals surface area (Å²) in [5, 5.41) is 12.1. The Morgan fingerprint density at radius 1 is 1.03 bits per heavy atom. The van der Waals surface area contributed by atoms with Crippen molar-refractivity contribution in [1.82, 2.24) is 0 Å². The van der Waals surface area contributed by atoms with Crippen LogP contribution >= 0.6 is 0 Å². The van der Waals surface area contributed by atoms with Crippen molar-refractivity contribution in [1.29, 1.82) is 0 Å². The van der Waals surface area contributed by atoms with Gasteiger partial charge in [-0.15, -0.1) is 0 Å². The Balaban J connectivity index is 1.27. The van der Waals surface area contributed by atoms with Crippen LogP contribution in [0.15, 0.2) is 0 Å². The second-order valence-corrected chi connectivity index (χ2v) is 13.0. The summed E-state index contributed by atoms with van der Waals surface area (Å²) in [5.41, 5.74) is 5.54. The van der Waals surface area contributed by atoms with E-state index < -0.39 is 5.60 Å². The molecule has 0 bridgehead atoms. The normalized spacial score (nSPS) is 55.2. The van der Waals surface area contributed by atoms with Gasteiger partial charge in [0.1, 0.15) is 5.78 Å². The fourth-order valence-corrected chi connectivity index (χ4v) is 9.55. The number of Topliss-reactive ketones (excluding diaryl/α,β-unsaturated/α-hetero) is 1. The molecule has 5 rings (SSSR count). The molecule has 34 heavy (non-hydrogen) atoms. The quantitative estimate of drug-likeness (QED) is 0.590. The summed E-state index contributed by atoms with van der Waals surface area (Å²) in [4.78, 5) is 12.4. The van der Waals surface area contributed by atoms with E-state index in [0.29, 0.717) is 24.2 Å². The van der Waals surface area contributed by atoms with E-state index >= 15 is 0 Å². The lowest BCUT2D eigenvalue weighted by Crippen LogP contribution is -2.62. The molecule has 0 aromatic rings. The molecule has 12 atom stereocenters. The highest BCUT2D eigenvalue weighted by atomic mass is 16.7. The van der Waals surface area contributed by atoms with Gasteiger partial charge in [0.15, 0.2) is 6.29 Å². The van der Waals surface area contributed by atoms with Gasteiger partial charge in [-0.05, 0) is 94.8 Å². The van der Waals surface area contributed by atoms with Crippen LogP contribution in [0.25, 0.3) is 0 Å². The predicted octanol–water partition coefficient (Wildman–Crippen LogP) is 4.21. The molecule has 0 radical (unpaired) electrons. The third-order valence-corrected chi connectivity index (χ3v) is 11.7. The summed E-state index contributed by atoms with van der Waals surface area (Å²) in [6.45, 7) is 8.44. The average Bonchev–Trinajstić information content (AvgIpc) is 3.07. The van der Waals surface area contributed by atoms with Crippen molar-refractivity contribution in [3.8, 4) is 0 Å². The molecule has 0 aromatic heterocycles. The van der Waals surface area contributed by atoms with Gasteiger partial charge in [0.2, 0.25) is 0 Å². The average molecular weight is 478 g/mol. The monoisotopic (exact) mass is 477 g/mol. The van der Waals surface area contributed by atoms with Crippen molar-refractivity contribution in [2.45, 2.75) is 128 Å². The van der Waals surface area contributed by atoms with Gasteiger partial charge < -0.3 is 25.1 Å². The van der Waals surface area contributed by atoms with Gasteiger partial charge in [0.05, 0.1) is 30.0 Å². The smallest absolute Gasteiger partial charge is 0.160 e. The van der Waals surface area contributed by atoms with Gasteiger partial charge >= 0.3 is 0 Å². The van der Waals surface area contributed by atoms with Crippen LogP contribution in [0.1, 0.15) is 91.9 Å². The lowest BCUT2D eigenvalue weighted by Gasteiger charge is -2.63. The standard InChI is InChI=1S/C28H47NO5/c1-16(30)20-10-13-28(31)22-7-6-18-14-19(34-24-15-23(32-5)25(29)17(2)33-24)8-11-26(18,3)21(22)9-12-27(20,28)4/h17-25,31H,6-15,29H2,1-5H3/t17-,18+,19+,20+,21+,22-,23+,24+,25-,26+,27-,28+/m1/s1. The van der Waals surface area contributed by atoms with E-state index in [9.17, 15) is 9.90 Å². The molecule has 1 heterocycles. The summed E-state index contributed by atoms with van der Waals surface area (Å²) in [6.07, 6.45) is 9.80. The first-order chi connectivity index (χ1) is 16.0. The van der Waals surface area contributed by atoms with Crippen molar-refractivity contribution in [3.05, 3.63) is 0 Å². The number of fused-ring (bicyclic) bond motifs is 5. The Hall–Kier alpha value is -0.530. The SMILES string of the molecule is CO[C@H]1C[C@H](O[C@H]2CC[C@@]3(C)[C@@H](CC[C@@H]4[C@@H]3CC[C@]3(C)[C@H](C(C)=O)CC[C@]43O)C2)O[C@H](C)[C@H]1N. The number of carbonyl (C=O) groups is 1. The number of ether oxygens (including phenoxy) is 3. The fourth-order valence-electron chi connectivity index (χ4n) is 9.55. The second kappa shape index (κ2) is 8.79. The molecule has 1 aliphatic heterocycles. The van der Waals surface area contributed by atoms with Crippen LogP contribution in [0.2, 0.25) is 0 Å². The number of ketones is 1. The zero-order valence-corrected chi connectivity index (χ0v) is 21.9. The molecule has 4 saturated carbocycles. The summed E-state index contributed by atoms with van der Waals surface area (Å²) >= 11 is 0. The number of aliphatic hydroxyl groups is 1. The van der Waals surface area contributed by atoms with Crippen LogP contribution in [-0.4, -0.2) is 54.2 Å². The molecule has 194 valence electrons. The first kappa shape index (κ1) is 25.1. The van der Waals surface area contributed by atoms with Crippen molar-refractivity contribution in [2.24, 2.45) is 40.2 Å². The molecule has 5 fully saturated rings. The minimum atomic E-state index is -0.687. The van der Waals surface area contributed by atoms with E-state index in [0.717, 1.165) is 57.8 Å². The van der Waals surface area contributed by atoms with Gasteiger partial charge in [-0.2, -0.15) is 0 Å². The van der Waals surface area contributed by atoms with Crippen molar-refractivity contribution in [2.75, 3.05) is 7.11 Å². The highest BCUT2D eigenvalue weighted by Gasteiger charge is 2.67. The number of nitrogens with two attached hydrogens (primary N) is 1. The van der Waals surface area contributed by atoms with Gasteiger partial charge in [0, 0.05) is 24.9 Å². The highest BCUT2D eigenvalue weighted by Crippen LogP contribution is 2.69. The van der Waals surface area contributed by atoms with E-state index in [-0.39, 0.29) is 53.2 Å². The fraction of sp³-hybridized carbons (Fsp3) is 0.964. The van der Waals surface area contributed by atoms with Crippen LogP contribution < -0.4 is 5.73 Å². The molecule has 0 spiro atoms. The number of carbonyl (C=O) groups excluding carboxylic acids is 1. The van der Waals surface area contributed by atoms with E-state index in [4.69, 9.17) is 19.9 Å². The maximum atomic E-state index is 12.4. The molecule has 5 aliphatic rings. The molecule has 6 nitrogen and oxygen atoms in total. The minimum Gasteiger partial charge on any atom is -0.389 e. The van der Waals surface area contributed by atoms with Crippen LogP contribution in [0.5, 0.6) is 0 Å². The van der Waals surface area contributed by atoms with Crippen LogP contribution in [0, 0.1) is 34.5 Å². The minimum absolute atomic E-state index is 0.0232. The van der Waals surface area contributed by atoms with E-state index in [2.05, 4.69) is 13.8 Å². The van der Waals surface area contributed by atoms with E-state index in [1.54, 1.807) is 14.0 Å². The van der Waals surface area contributed by atoms with Crippen molar-refractivity contribution in [3.63, 3.8) is 0 Å². The first-order valence-corrected chi connectivity index (χ1v) is 13.9. The van der Waals surface area contributed by atoms with Crippen molar-refractivity contribution >= 4 is 5.78 Å². The van der Waals surface area contributed by atoms with Crippen LogP contribution in [-0.2, 0) is 19.0 Å². The zero-order chi connectivity index (χ0) is 24.5.